The molecule has 14 heavy (non-hydrogen) atoms. The van der Waals surface area contributed by atoms with Gasteiger partial charge in [0.1, 0.15) is 11.9 Å². The van der Waals surface area contributed by atoms with Gasteiger partial charge in [-0.15, -0.1) is 0 Å². The summed E-state index contributed by atoms with van der Waals surface area (Å²) in [6.07, 6.45) is 0. The molecular weight excluding hydrogens is 185 g/mol. The highest BCUT2D eigenvalue weighted by atomic mass is 19.1. The van der Waals surface area contributed by atoms with Crippen LogP contribution in [0.2, 0.25) is 0 Å². The molecule has 0 aliphatic heterocycles. The number of benzene rings is 1. The van der Waals surface area contributed by atoms with E-state index in [1.807, 2.05) is 0 Å². The highest BCUT2D eigenvalue weighted by Gasteiger charge is 2.15. The van der Waals surface area contributed by atoms with E-state index in [9.17, 15) is 9.18 Å². The maximum absolute atomic E-state index is 13.1. The van der Waals surface area contributed by atoms with Crippen molar-refractivity contribution in [3.05, 3.63) is 35.1 Å². The van der Waals surface area contributed by atoms with Gasteiger partial charge in [-0.05, 0) is 24.6 Å². The molecule has 0 aromatic heterocycles. The van der Waals surface area contributed by atoms with Crippen molar-refractivity contribution in [2.45, 2.75) is 12.8 Å². The number of nitriles is 1. The molecule has 0 heterocycles. The van der Waals surface area contributed by atoms with E-state index >= 15 is 0 Å². The monoisotopic (exact) mass is 193 g/mol. The number of halogens is 1. The first-order valence-corrected chi connectivity index (χ1v) is 3.98. The first kappa shape index (κ1) is 10.2. The molecule has 0 bridgehead atoms. The topological polar surface area (TPSA) is 61.1 Å². The summed E-state index contributed by atoms with van der Waals surface area (Å²) in [7, 11) is 0. The van der Waals surface area contributed by atoms with Crippen LogP contribution in [0, 0.1) is 17.1 Å². The molecule has 1 aromatic rings. The van der Waals surface area contributed by atoms with E-state index < -0.39 is 17.7 Å². The van der Waals surface area contributed by atoms with E-state index in [-0.39, 0.29) is 5.56 Å². The van der Waals surface area contributed by atoms with Gasteiger partial charge in [0.2, 0.25) is 0 Å². The quantitative estimate of drug-likeness (QED) is 0.780. The van der Waals surface area contributed by atoms with Gasteiger partial charge in [-0.3, -0.25) is 4.79 Å². The van der Waals surface area contributed by atoms with E-state index in [4.69, 9.17) is 10.4 Å². The smallest absolute Gasteiger partial charge is 0.310 e. The van der Waals surface area contributed by atoms with Crippen LogP contribution >= 0.6 is 0 Å². The van der Waals surface area contributed by atoms with Crippen LogP contribution in [0.25, 0.3) is 0 Å². The molecule has 0 saturated heterocycles. The standard InChI is InChI=1S/C10H8FNO2/c1-6(10(13)14)7-2-3-8(5-12)9(11)4-7/h2-4,6H,1H3,(H,13,14)/t6-/m1/s1. The van der Waals surface area contributed by atoms with E-state index in [0.29, 0.717) is 5.56 Å². The summed E-state index contributed by atoms with van der Waals surface area (Å²) in [5.41, 5.74) is 0.278. The minimum absolute atomic E-state index is 0.0775. The van der Waals surface area contributed by atoms with Gasteiger partial charge in [-0.1, -0.05) is 6.07 Å². The lowest BCUT2D eigenvalue weighted by molar-refractivity contribution is -0.138. The third-order valence-electron chi connectivity index (χ3n) is 1.98. The van der Waals surface area contributed by atoms with Crippen molar-refractivity contribution in [2.24, 2.45) is 0 Å². The van der Waals surface area contributed by atoms with Crippen LogP contribution in [0.4, 0.5) is 4.39 Å². The zero-order valence-electron chi connectivity index (χ0n) is 7.49. The second-order valence-electron chi connectivity index (χ2n) is 2.91. The van der Waals surface area contributed by atoms with Crippen molar-refractivity contribution in [1.29, 1.82) is 5.26 Å². The van der Waals surface area contributed by atoms with Crippen LogP contribution in [0.5, 0.6) is 0 Å². The van der Waals surface area contributed by atoms with Crippen LogP contribution in [-0.4, -0.2) is 11.1 Å². The van der Waals surface area contributed by atoms with Crippen LogP contribution in [0.1, 0.15) is 24.0 Å². The van der Waals surface area contributed by atoms with Gasteiger partial charge in [0.25, 0.3) is 0 Å². The van der Waals surface area contributed by atoms with Gasteiger partial charge in [-0.25, -0.2) is 4.39 Å². The van der Waals surface area contributed by atoms with Gasteiger partial charge in [0.15, 0.2) is 0 Å². The molecule has 4 heteroatoms. The number of hydrogen-bond acceptors (Lipinski definition) is 2. The zero-order chi connectivity index (χ0) is 10.7. The molecule has 0 radical (unpaired) electrons. The Morgan fingerprint density at radius 2 is 2.29 bits per heavy atom. The third-order valence-corrected chi connectivity index (χ3v) is 1.98. The Kier molecular flexibility index (Phi) is 2.82. The molecule has 0 aliphatic carbocycles. The molecule has 1 atom stereocenters. The summed E-state index contributed by atoms with van der Waals surface area (Å²) in [6, 6.07) is 5.48. The highest BCUT2D eigenvalue weighted by molar-refractivity contribution is 5.75. The van der Waals surface area contributed by atoms with Crippen LogP contribution in [-0.2, 0) is 4.79 Å². The van der Waals surface area contributed by atoms with Crippen molar-refractivity contribution in [3.8, 4) is 6.07 Å². The van der Waals surface area contributed by atoms with Crippen molar-refractivity contribution in [3.63, 3.8) is 0 Å². The number of carboxylic acids is 1. The molecule has 1 rings (SSSR count). The maximum atomic E-state index is 13.1. The number of nitrogens with zero attached hydrogens (tertiary/aromatic N) is 1. The van der Waals surface area contributed by atoms with Crippen LogP contribution in [0.15, 0.2) is 18.2 Å². The molecule has 0 aliphatic rings. The highest BCUT2D eigenvalue weighted by Crippen LogP contribution is 2.18. The summed E-state index contributed by atoms with van der Waals surface area (Å²) in [6.45, 7) is 1.46. The van der Waals surface area contributed by atoms with Crippen molar-refractivity contribution in [1.82, 2.24) is 0 Å². The minimum Gasteiger partial charge on any atom is -0.481 e. The van der Waals surface area contributed by atoms with Crippen molar-refractivity contribution in [2.75, 3.05) is 0 Å². The van der Waals surface area contributed by atoms with Crippen molar-refractivity contribution < 1.29 is 14.3 Å². The second kappa shape index (κ2) is 3.88. The fourth-order valence-electron chi connectivity index (χ4n) is 1.03. The largest absolute Gasteiger partial charge is 0.481 e. The molecule has 72 valence electrons. The predicted octanol–water partition coefficient (Wildman–Crippen LogP) is 1.89. The van der Waals surface area contributed by atoms with E-state index in [1.54, 1.807) is 6.07 Å². The Labute approximate surface area is 80.4 Å². The molecule has 0 unspecified atom stereocenters. The summed E-state index contributed by atoms with van der Waals surface area (Å²) in [5, 5.41) is 17.1. The molecule has 0 amide bonds. The van der Waals surface area contributed by atoms with Crippen LogP contribution in [0.3, 0.4) is 0 Å². The van der Waals surface area contributed by atoms with Gasteiger partial charge in [0, 0.05) is 0 Å². The van der Waals surface area contributed by atoms with Gasteiger partial charge >= 0.3 is 5.97 Å². The van der Waals surface area contributed by atoms with E-state index in [1.165, 1.54) is 19.1 Å². The normalized spacial score (nSPS) is 11.8. The predicted molar refractivity (Wildman–Crippen MR) is 47.2 cm³/mol. The summed E-state index contributed by atoms with van der Waals surface area (Å²) in [4.78, 5) is 10.6. The molecule has 0 saturated carbocycles. The second-order valence-corrected chi connectivity index (χ2v) is 2.91. The van der Waals surface area contributed by atoms with Gasteiger partial charge < -0.3 is 5.11 Å². The number of carbonyl (C=O) groups is 1. The number of hydrogen-bond donors (Lipinski definition) is 1. The average Bonchev–Trinajstić information content (AvgIpc) is 2.16. The molecule has 1 aromatic carbocycles. The number of aliphatic carboxylic acids is 1. The van der Waals surface area contributed by atoms with E-state index in [2.05, 4.69) is 0 Å². The Hall–Kier alpha value is -1.89. The Morgan fingerprint density at radius 1 is 1.64 bits per heavy atom. The summed E-state index contributed by atoms with van der Waals surface area (Å²) in [5.74, 6) is -2.47. The van der Waals surface area contributed by atoms with Gasteiger partial charge in [0.05, 0.1) is 11.5 Å². The lowest BCUT2D eigenvalue weighted by Gasteiger charge is -2.06. The Morgan fingerprint density at radius 3 is 2.71 bits per heavy atom. The SMILES string of the molecule is C[C@@H](C(=O)O)c1ccc(C#N)c(F)c1. The number of rotatable bonds is 2. The van der Waals surface area contributed by atoms with Crippen LogP contribution < -0.4 is 0 Å². The Bertz CT molecular complexity index is 409. The maximum Gasteiger partial charge on any atom is 0.310 e. The minimum atomic E-state index is -1.02. The summed E-state index contributed by atoms with van der Waals surface area (Å²) < 4.78 is 13.1. The Balaban J connectivity index is 3.10. The van der Waals surface area contributed by atoms with Gasteiger partial charge in [-0.2, -0.15) is 5.26 Å². The molecule has 3 nitrogen and oxygen atoms in total. The fraction of sp³-hybridized carbons (Fsp3) is 0.200. The zero-order valence-corrected chi connectivity index (χ0v) is 7.49. The van der Waals surface area contributed by atoms with Crippen molar-refractivity contribution >= 4 is 5.97 Å². The molecule has 0 spiro atoms. The summed E-state index contributed by atoms with van der Waals surface area (Å²) >= 11 is 0. The fourth-order valence-corrected chi connectivity index (χ4v) is 1.03. The molecule has 1 N–H and O–H groups in total. The first-order valence-electron chi connectivity index (χ1n) is 3.98. The first-order chi connectivity index (χ1) is 6.56. The lowest BCUT2D eigenvalue weighted by atomic mass is 10.00. The third kappa shape index (κ3) is 1.88. The molecular formula is C10H8FNO2. The average molecular weight is 193 g/mol. The molecule has 0 fully saturated rings. The lowest BCUT2D eigenvalue weighted by Crippen LogP contribution is -2.07. The van der Waals surface area contributed by atoms with E-state index in [0.717, 1.165) is 6.07 Å². The number of carboxylic acid groups (broad SMARTS) is 1.